The maximum Gasteiger partial charge on any atom is 0.303 e. The maximum atomic E-state index is 11.8. The van der Waals surface area contributed by atoms with Gasteiger partial charge in [0.15, 0.2) is 24.6 Å². The Hall–Kier alpha value is -2.24. The molecule has 4 unspecified atom stereocenters. The van der Waals surface area contributed by atoms with Crippen molar-refractivity contribution < 1.29 is 52.7 Å². The van der Waals surface area contributed by atoms with Gasteiger partial charge in [0.1, 0.15) is 12.7 Å². The number of aliphatic hydroxyl groups excluding tert-OH is 1. The number of carbonyl (C=O) groups is 4. The lowest BCUT2D eigenvalue weighted by molar-refractivity contribution is -0.312. The third-order valence-electron chi connectivity index (χ3n) is 4.78. The van der Waals surface area contributed by atoms with Gasteiger partial charge in [-0.2, -0.15) is 0 Å². The van der Waals surface area contributed by atoms with Crippen molar-refractivity contribution in [2.45, 2.75) is 85.1 Å². The zero-order chi connectivity index (χ0) is 24.5. The van der Waals surface area contributed by atoms with Crippen LogP contribution in [0.3, 0.4) is 0 Å². The van der Waals surface area contributed by atoms with Crippen molar-refractivity contribution in [1.82, 2.24) is 0 Å². The van der Waals surface area contributed by atoms with E-state index in [0.717, 1.165) is 27.2 Å². The van der Waals surface area contributed by atoms with Crippen molar-refractivity contribution >= 4 is 23.9 Å². The number of aliphatic hydroxyl groups is 1. The molecular formula is C21H34O11. The molecule has 11 heteroatoms. The molecule has 0 aromatic rings. The highest BCUT2D eigenvalue weighted by Crippen LogP contribution is 2.32. The Kier molecular flexibility index (Phi) is 11.0. The first-order valence-corrected chi connectivity index (χ1v) is 10.5. The van der Waals surface area contributed by atoms with Crippen LogP contribution in [0.25, 0.3) is 0 Å². The van der Waals surface area contributed by atoms with Crippen LogP contribution >= 0.6 is 0 Å². The number of hydrogen-bond acceptors (Lipinski definition) is 11. The number of esters is 4. The van der Waals surface area contributed by atoms with Gasteiger partial charge in [-0.1, -0.05) is 20.3 Å². The number of rotatable bonds is 11. The van der Waals surface area contributed by atoms with Crippen LogP contribution in [-0.2, 0) is 47.6 Å². The fraction of sp³-hybridized carbons (Fsp3) is 0.810. The standard InChI is InChI=1S/C21H34O11/c1-7-8-21(6,10-22)11-28-20-19(31-15(5)26)18(30-14(4)25)17(29-13(3)24)16(32-20)9-27-12(2)23/h16-20,22H,7-11H2,1-6H3/t16?,17-,18?,19-,20?,21?/m1/s1. The van der Waals surface area contributed by atoms with Gasteiger partial charge < -0.3 is 33.5 Å². The lowest BCUT2D eigenvalue weighted by atomic mass is 9.87. The Labute approximate surface area is 187 Å². The lowest BCUT2D eigenvalue weighted by Gasteiger charge is -2.44. The van der Waals surface area contributed by atoms with E-state index in [0.29, 0.717) is 6.42 Å². The van der Waals surface area contributed by atoms with Crippen LogP contribution in [0.5, 0.6) is 0 Å². The van der Waals surface area contributed by atoms with Crippen LogP contribution in [-0.4, -0.2) is 79.5 Å². The van der Waals surface area contributed by atoms with Gasteiger partial charge in [0.05, 0.1) is 13.2 Å². The fourth-order valence-electron chi connectivity index (χ4n) is 3.41. The molecule has 1 rings (SSSR count). The summed E-state index contributed by atoms with van der Waals surface area (Å²) in [5, 5.41) is 9.78. The van der Waals surface area contributed by atoms with Gasteiger partial charge in [0.25, 0.3) is 0 Å². The molecule has 1 heterocycles. The van der Waals surface area contributed by atoms with Gasteiger partial charge in [0, 0.05) is 33.1 Å². The average Bonchev–Trinajstić information content (AvgIpc) is 2.67. The van der Waals surface area contributed by atoms with E-state index in [1.165, 1.54) is 6.92 Å². The molecule has 6 atom stereocenters. The molecule has 0 aromatic heterocycles. The molecule has 32 heavy (non-hydrogen) atoms. The summed E-state index contributed by atoms with van der Waals surface area (Å²) in [6.45, 7) is 7.97. The minimum atomic E-state index is -1.29. The molecule has 0 aromatic carbocycles. The van der Waals surface area contributed by atoms with Gasteiger partial charge >= 0.3 is 23.9 Å². The molecule has 1 aliphatic rings. The summed E-state index contributed by atoms with van der Waals surface area (Å²) in [4.78, 5) is 46.6. The Bertz CT molecular complexity index is 664. The maximum absolute atomic E-state index is 11.8. The minimum Gasteiger partial charge on any atom is -0.463 e. The first kappa shape index (κ1) is 27.8. The molecule has 0 spiro atoms. The second-order valence-electron chi connectivity index (χ2n) is 8.10. The Morgan fingerprint density at radius 1 is 0.875 bits per heavy atom. The summed E-state index contributed by atoms with van der Waals surface area (Å²) in [6, 6.07) is 0. The van der Waals surface area contributed by atoms with Crippen LogP contribution in [0, 0.1) is 5.41 Å². The summed E-state index contributed by atoms with van der Waals surface area (Å²) in [5.74, 6) is -2.74. The largest absolute Gasteiger partial charge is 0.463 e. The molecule has 0 bridgehead atoms. The molecule has 0 amide bonds. The van der Waals surface area contributed by atoms with Crippen molar-refractivity contribution in [3.63, 3.8) is 0 Å². The van der Waals surface area contributed by atoms with Crippen LogP contribution in [0.2, 0.25) is 0 Å². The van der Waals surface area contributed by atoms with E-state index in [1.54, 1.807) is 0 Å². The fourth-order valence-corrected chi connectivity index (χ4v) is 3.41. The SMILES string of the molecule is CCCC(C)(CO)COC1OC(COC(C)=O)[C@@H](OC(C)=O)C(OC(C)=O)[C@H]1OC(C)=O. The van der Waals surface area contributed by atoms with E-state index in [2.05, 4.69) is 0 Å². The zero-order valence-corrected chi connectivity index (χ0v) is 19.5. The lowest BCUT2D eigenvalue weighted by Crippen LogP contribution is -2.63. The highest BCUT2D eigenvalue weighted by Gasteiger charge is 2.53. The van der Waals surface area contributed by atoms with Gasteiger partial charge in [0.2, 0.25) is 0 Å². The van der Waals surface area contributed by atoms with Gasteiger partial charge in [-0.15, -0.1) is 0 Å². The monoisotopic (exact) mass is 462 g/mol. The third kappa shape index (κ3) is 8.71. The molecule has 1 fully saturated rings. The van der Waals surface area contributed by atoms with Gasteiger partial charge in [-0.3, -0.25) is 19.2 Å². The molecule has 1 aliphatic heterocycles. The summed E-state index contributed by atoms with van der Waals surface area (Å²) >= 11 is 0. The first-order chi connectivity index (χ1) is 14.9. The quantitative estimate of drug-likeness (QED) is 0.345. The topological polar surface area (TPSA) is 144 Å². The van der Waals surface area contributed by atoms with E-state index in [4.69, 9.17) is 28.4 Å². The highest BCUT2D eigenvalue weighted by atomic mass is 16.7. The summed E-state index contributed by atoms with van der Waals surface area (Å²) in [5.41, 5.74) is -0.603. The molecule has 0 radical (unpaired) electrons. The molecule has 11 nitrogen and oxygen atoms in total. The smallest absolute Gasteiger partial charge is 0.303 e. The van der Waals surface area contributed by atoms with Crippen molar-refractivity contribution in [3.05, 3.63) is 0 Å². The summed E-state index contributed by atoms with van der Waals surface area (Å²) < 4.78 is 32.7. The van der Waals surface area contributed by atoms with Crippen molar-refractivity contribution in [1.29, 1.82) is 0 Å². The number of carbonyl (C=O) groups excluding carboxylic acids is 4. The molecule has 184 valence electrons. The van der Waals surface area contributed by atoms with E-state index in [-0.39, 0.29) is 19.8 Å². The molecule has 1 saturated heterocycles. The van der Waals surface area contributed by atoms with E-state index >= 15 is 0 Å². The van der Waals surface area contributed by atoms with E-state index < -0.39 is 60.0 Å². The predicted molar refractivity (Wildman–Crippen MR) is 108 cm³/mol. The first-order valence-electron chi connectivity index (χ1n) is 10.5. The van der Waals surface area contributed by atoms with Gasteiger partial charge in [-0.25, -0.2) is 0 Å². The van der Waals surface area contributed by atoms with E-state index in [1.807, 2.05) is 13.8 Å². The van der Waals surface area contributed by atoms with Crippen LogP contribution in [0.15, 0.2) is 0 Å². The molecular weight excluding hydrogens is 428 g/mol. The zero-order valence-electron chi connectivity index (χ0n) is 19.5. The minimum absolute atomic E-state index is 0.0328. The van der Waals surface area contributed by atoms with Crippen molar-refractivity contribution in [2.75, 3.05) is 19.8 Å². The van der Waals surface area contributed by atoms with Crippen molar-refractivity contribution in [2.24, 2.45) is 5.41 Å². The highest BCUT2D eigenvalue weighted by molar-refractivity contribution is 5.68. The summed E-state index contributed by atoms with van der Waals surface area (Å²) in [7, 11) is 0. The van der Waals surface area contributed by atoms with E-state index in [9.17, 15) is 24.3 Å². The normalized spacial score (nSPS) is 27.0. The average molecular weight is 462 g/mol. The Morgan fingerprint density at radius 3 is 1.88 bits per heavy atom. The molecule has 0 saturated carbocycles. The second kappa shape index (κ2) is 12.7. The number of hydrogen-bond donors (Lipinski definition) is 1. The molecule has 0 aliphatic carbocycles. The summed E-state index contributed by atoms with van der Waals surface area (Å²) in [6.07, 6.45) is -4.69. The van der Waals surface area contributed by atoms with Crippen LogP contribution in [0.1, 0.15) is 54.4 Å². The second-order valence-corrected chi connectivity index (χ2v) is 8.10. The molecule has 1 N–H and O–H groups in total. The van der Waals surface area contributed by atoms with Crippen LogP contribution in [0.4, 0.5) is 0 Å². The number of ether oxygens (including phenoxy) is 6. The van der Waals surface area contributed by atoms with Crippen molar-refractivity contribution in [3.8, 4) is 0 Å². The van der Waals surface area contributed by atoms with Crippen LogP contribution < -0.4 is 0 Å². The Balaban J connectivity index is 3.30. The van der Waals surface area contributed by atoms with Gasteiger partial charge in [-0.05, 0) is 6.42 Å². The Morgan fingerprint density at radius 2 is 1.41 bits per heavy atom. The predicted octanol–water partition coefficient (Wildman–Crippen LogP) is 0.885. The third-order valence-corrected chi connectivity index (χ3v) is 4.78.